The van der Waals surface area contributed by atoms with Crippen molar-refractivity contribution in [3.8, 4) is 6.07 Å². The molecule has 1 aromatic rings. The van der Waals surface area contributed by atoms with Gasteiger partial charge in [-0.15, -0.1) is 0 Å². The lowest BCUT2D eigenvalue weighted by Crippen LogP contribution is -2.11. The first-order chi connectivity index (χ1) is 10.1. The summed E-state index contributed by atoms with van der Waals surface area (Å²) in [6.45, 7) is 6.21. The summed E-state index contributed by atoms with van der Waals surface area (Å²) in [7, 11) is 0. The fourth-order valence-electron chi connectivity index (χ4n) is 2.23. The van der Waals surface area contributed by atoms with Crippen molar-refractivity contribution in [3.63, 3.8) is 0 Å². The van der Waals surface area contributed by atoms with Crippen molar-refractivity contribution in [2.45, 2.75) is 40.0 Å². The number of allylic oxidation sites excluding steroid dienone is 1. The molecule has 0 unspecified atom stereocenters. The second-order valence-corrected chi connectivity index (χ2v) is 5.39. The molecule has 0 aliphatic rings. The second-order valence-electron chi connectivity index (χ2n) is 5.39. The number of nitrogens with zero attached hydrogens (tertiary/aromatic N) is 1. The van der Waals surface area contributed by atoms with Gasteiger partial charge in [0.1, 0.15) is 11.6 Å². The summed E-state index contributed by atoms with van der Waals surface area (Å²) < 4.78 is 4.99. The number of benzene rings is 1. The Kier molecular flexibility index (Phi) is 7.25. The molecule has 0 radical (unpaired) electrons. The Labute approximate surface area is 127 Å². The van der Waals surface area contributed by atoms with Gasteiger partial charge in [-0.2, -0.15) is 5.26 Å². The zero-order valence-electron chi connectivity index (χ0n) is 13.1. The SMILES string of the molecule is CCOC(=O)C(C#N)=C(CCc1ccccc1)CC(C)C. The number of ether oxygens (including phenoxy) is 1. The van der Waals surface area contributed by atoms with Crippen molar-refractivity contribution in [1.82, 2.24) is 0 Å². The Morgan fingerprint density at radius 2 is 1.95 bits per heavy atom. The van der Waals surface area contributed by atoms with Gasteiger partial charge in [-0.05, 0) is 43.2 Å². The van der Waals surface area contributed by atoms with Crippen LogP contribution in [0.3, 0.4) is 0 Å². The molecule has 0 atom stereocenters. The Bertz CT molecular complexity index is 524. The largest absolute Gasteiger partial charge is 0.462 e. The molecular formula is C18H23NO2. The monoisotopic (exact) mass is 285 g/mol. The van der Waals surface area contributed by atoms with E-state index in [0.717, 1.165) is 18.4 Å². The first kappa shape index (κ1) is 17.0. The molecule has 21 heavy (non-hydrogen) atoms. The highest BCUT2D eigenvalue weighted by Gasteiger charge is 2.17. The van der Waals surface area contributed by atoms with Gasteiger partial charge >= 0.3 is 5.97 Å². The molecule has 0 bridgehead atoms. The standard InChI is InChI=1S/C18H23NO2/c1-4-21-18(20)17(13-19)16(12-14(2)3)11-10-15-8-6-5-7-9-15/h5-9,14H,4,10-12H2,1-3H3. The third-order valence-electron chi connectivity index (χ3n) is 3.16. The molecule has 0 amide bonds. The van der Waals surface area contributed by atoms with Crippen LogP contribution < -0.4 is 0 Å². The number of esters is 1. The molecule has 0 aliphatic heterocycles. The van der Waals surface area contributed by atoms with E-state index in [1.807, 2.05) is 24.3 Å². The third kappa shape index (κ3) is 5.83. The molecule has 0 saturated carbocycles. The zero-order chi connectivity index (χ0) is 15.7. The van der Waals surface area contributed by atoms with Crippen molar-refractivity contribution in [2.75, 3.05) is 6.61 Å². The van der Waals surface area contributed by atoms with E-state index in [9.17, 15) is 10.1 Å². The van der Waals surface area contributed by atoms with E-state index in [1.54, 1.807) is 6.92 Å². The Morgan fingerprint density at radius 1 is 1.29 bits per heavy atom. The zero-order valence-corrected chi connectivity index (χ0v) is 13.1. The van der Waals surface area contributed by atoms with Gasteiger partial charge in [-0.25, -0.2) is 4.79 Å². The van der Waals surface area contributed by atoms with E-state index in [2.05, 4.69) is 26.0 Å². The summed E-state index contributed by atoms with van der Waals surface area (Å²) in [5.41, 5.74) is 2.29. The van der Waals surface area contributed by atoms with E-state index >= 15 is 0 Å². The molecule has 0 heterocycles. The number of hydrogen-bond acceptors (Lipinski definition) is 3. The molecule has 0 spiro atoms. The maximum absolute atomic E-state index is 11.9. The molecule has 0 N–H and O–H groups in total. The van der Waals surface area contributed by atoms with Gasteiger partial charge in [0.2, 0.25) is 0 Å². The number of hydrogen-bond donors (Lipinski definition) is 0. The number of rotatable bonds is 7. The van der Waals surface area contributed by atoms with Gasteiger partial charge in [0, 0.05) is 0 Å². The lowest BCUT2D eigenvalue weighted by atomic mass is 9.93. The highest BCUT2D eigenvalue weighted by atomic mass is 16.5. The normalized spacial score (nSPS) is 11.8. The van der Waals surface area contributed by atoms with Crippen molar-refractivity contribution in [2.24, 2.45) is 5.92 Å². The first-order valence-corrected chi connectivity index (χ1v) is 7.41. The van der Waals surface area contributed by atoms with Crippen molar-refractivity contribution in [3.05, 3.63) is 47.0 Å². The number of carbonyl (C=O) groups excluding carboxylic acids is 1. The van der Waals surface area contributed by atoms with Crippen molar-refractivity contribution in [1.29, 1.82) is 5.26 Å². The minimum atomic E-state index is -0.497. The van der Waals surface area contributed by atoms with Crippen LogP contribution in [0.15, 0.2) is 41.5 Å². The van der Waals surface area contributed by atoms with E-state index < -0.39 is 5.97 Å². The maximum Gasteiger partial charge on any atom is 0.348 e. The molecule has 0 aliphatic carbocycles. The van der Waals surface area contributed by atoms with Crippen LogP contribution in [0.4, 0.5) is 0 Å². The average Bonchev–Trinajstić information content (AvgIpc) is 2.46. The van der Waals surface area contributed by atoms with Gasteiger partial charge in [0.05, 0.1) is 6.61 Å². The quantitative estimate of drug-likeness (QED) is 0.431. The van der Waals surface area contributed by atoms with E-state index in [-0.39, 0.29) is 12.2 Å². The predicted octanol–water partition coefficient (Wildman–Crippen LogP) is 4.05. The highest BCUT2D eigenvalue weighted by Crippen LogP contribution is 2.21. The third-order valence-corrected chi connectivity index (χ3v) is 3.16. The van der Waals surface area contributed by atoms with Crippen LogP contribution >= 0.6 is 0 Å². The summed E-state index contributed by atoms with van der Waals surface area (Å²) in [5, 5.41) is 9.29. The first-order valence-electron chi connectivity index (χ1n) is 7.41. The molecule has 1 aromatic carbocycles. The summed E-state index contributed by atoms with van der Waals surface area (Å²) in [5.74, 6) is -0.0998. The summed E-state index contributed by atoms with van der Waals surface area (Å²) >= 11 is 0. The predicted molar refractivity (Wildman–Crippen MR) is 83.5 cm³/mol. The maximum atomic E-state index is 11.9. The van der Waals surface area contributed by atoms with Gasteiger partial charge in [-0.3, -0.25) is 0 Å². The molecule has 112 valence electrons. The number of carbonyl (C=O) groups is 1. The van der Waals surface area contributed by atoms with E-state index in [0.29, 0.717) is 12.3 Å². The summed E-state index contributed by atoms with van der Waals surface area (Å²) in [4.78, 5) is 11.9. The van der Waals surface area contributed by atoms with Crippen LogP contribution in [-0.4, -0.2) is 12.6 Å². The van der Waals surface area contributed by atoms with Crippen LogP contribution in [0.2, 0.25) is 0 Å². The van der Waals surface area contributed by atoms with E-state index in [4.69, 9.17) is 4.74 Å². The molecule has 3 nitrogen and oxygen atoms in total. The van der Waals surface area contributed by atoms with Crippen LogP contribution in [-0.2, 0) is 16.0 Å². The summed E-state index contributed by atoms with van der Waals surface area (Å²) in [6, 6.07) is 12.1. The lowest BCUT2D eigenvalue weighted by molar-refractivity contribution is -0.138. The molecule has 0 saturated heterocycles. The van der Waals surface area contributed by atoms with Gasteiger partial charge in [-0.1, -0.05) is 44.2 Å². The van der Waals surface area contributed by atoms with Crippen LogP contribution in [0.25, 0.3) is 0 Å². The Morgan fingerprint density at radius 3 is 2.48 bits per heavy atom. The van der Waals surface area contributed by atoms with Gasteiger partial charge in [0.15, 0.2) is 0 Å². The fourth-order valence-corrected chi connectivity index (χ4v) is 2.23. The van der Waals surface area contributed by atoms with E-state index in [1.165, 1.54) is 5.56 Å². The van der Waals surface area contributed by atoms with Gasteiger partial charge < -0.3 is 4.74 Å². The van der Waals surface area contributed by atoms with Crippen LogP contribution in [0.1, 0.15) is 39.2 Å². The van der Waals surface area contributed by atoms with Crippen molar-refractivity contribution < 1.29 is 9.53 Å². The average molecular weight is 285 g/mol. The molecule has 3 heteroatoms. The molecular weight excluding hydrogens is 262 g/mol. The van der Waals surface area contributed by atoms with Crippen LogP contribution in [0.5, 0.6) is 0 Å². The Balaban J connectivity index is 2.92. The minimum Gasteiger partial charge on any atom is -0.462 e. The van der Waals surface area contributed by atoms with Crippen LogP contribution in [0, 0.1) is 17.2 Å². The molecule has 1 rings (SSSR count). The number of aryl methyl sites for hydroxylation is 1. The molecule has 0 aromatic heterocycles. The lowest BCUT2D eigenvalue weighted by Gasteiger charge is -2.13. The number of nitriles is 1. The second kappa shape index (κ2) is 8.97. The highest BCUT2D eigenvalue weighted by molar-refractivity contribution is 5.93. The smallest absolute Gasteiger partial charge is 0.348 e. The van der Waals surface area contributed by atoms with Crippen molar-refractivity contribution >= 4 is 5.97 Å². The minimum absolute atomic E-state index is 0.182. The summed E-state index contributed by atoms with van der Waals surface area (Å²) in [6.07, 6.45) is 2.28. The topological polar surface area (TPSA) is 50.1 Å². The molecule has 0 fully saturated rings. The Hall–Kier alpha value is -2.08. The fraction of sp³-hybridized carbons (Fsp3) is 0.444. The van der Waals surface area contributed by atoms with Gasteiger partial charge in [0.25, 0.3) is 0 Å².